The molecule has 0 fully saturated rings. The highest BCUT2D eigenvalue weighted by atomic mass is 32.2. The summed E-state index contributed by atoms with van der Waals surface area (Å²) >= 11 is 0. The van der Waals surface area contributed by atoms with E-state index in [9.17, 15) is 13.2 Å². The Labute approximate surface area is 152 Å². The van der Waals surface area contributed by atoms with Gasteiger partial charge in [0, 0.05) is 18.2 Å². The van der Waals surface area contributed by atoms with Gasteiger partial charge in [-0.1, -0.05) is 12.1 Å². The van der Waals surface area contributed by atoms with Crippen LogP contribution in [0, 0.1) is 0 Å². The molecule has 8 heteroatoms. The van der Waals surface area contributed by atoms with Crippen LogP contribution in [0.2, 0.25) is 0 Å². The SMILES string of the molecule is C=CCNS(=O)(=O)c1cccc(C(=O)Nc2ccc(OC)cc2OC)c1. The molecule has 1 amide bonds. The molecule has 0 bridgehead atoms. The van der Waals surface area contributed by atoms with E-state index in [4.69, 9.17) is 9.47 Å². The predicted molar refractivity (Wildman–Crippen MR) is 99.3 cm³/mol. The summed E-state index contributed by atoms with van der Waals surface area (Å²) in [5.74, 6) is 0.546. The lowest BCUT2D eigenvalue weighted by molar-refractivity contribution is 0.102. The van der Waals surface area contributed by atoms with Crippen molar-refractivity contribution in [3.8, 4) is 11.5 Å². The van der Waals surface area contributed by atoms with E-state index in [1.807, 2.05) is 0 Å². The first-order valence-electron chi connectivity index (χ1n) is 7.65. The van der Waals surface area contributed by atoms with Crippen molar-refractivity contribution >= 4 is 21.6 Å². The molecule has 0 spiro atoms. The van der Waals surface area contributed by atoms with Crippen LogP contribution in [0.25, 0.3) is 0 Å². The third-order valence-corrected chi connectivity index (χ3v) is 4.90. The van der Waals surface area contributed by atoms with Gasteiger partial charge >= 0.3 is 0 Å². The fraction of sp³-hybridized carbons (Fsp3) is 0.167. The lowest BCUT2D eigenvalue weighted by Crippen LogP contribution is -2.24. The Morgan fingerprint density at radius 1 is 1.15 bits per heavy atom. The summed E-state index contributed by atoms with van der Waals surface area (Å²) in [5, 5.41) is 2.70. The normalized spacial score (nSPS) is 10.8. The molecule has 0 atom stereocenters. The topological polar surface area (TPSA) is 93.7 Å². The number of methoxy groups -OCH3 is 2. The Hall–Kier alpha value is -2.84. The number of carbonyl (C=O) groups is 1. The van der Waals surface area contributed by atoms with Gasteiger partial charge in [-0.15, -0.1) is 6.58 Å². The third kappa shape index (κ3) is 4.62. The number of carbonyl (C=O) groups excluding carboxylic acids is 1. The number of anilines is 1. The number of hydrogen-bond donors (Lipinski definition) is 2. The van der Waals surface area contributed by atoms with Gasteiger partial charge < -0.3 is 14.8 Å². The summed E-state index contributed by atoms with van der Waals surface area (Å²) in [6, 6.07) is 10.7. The van der Waals surface area contributed by atoms with Gasteiger partial charge in [-0.3, -0.25) is 4.79 Å². The highest BCUT2D eigenvalue weighted by Gasteiger charge is 2.16. The standard InChI is InChI=1S/C18H20N2O5S/c1-4-10-19-26(22,23)15-7-5-6-13(11-15)18(21)20-16-9-8-14(24-2)12-17(16)25-3/h4-9,11-12,19H,1,10H2,2-3H3,(H,20,21). The van der Waals surface area contributed by atoms with Crippen LogP contribution in [0.1, 0.15) is 10.4 Å². The molecule has 2 rings (SSSR count). The minimum Gasteiger partial charge on any atom is -0.497 e. The van der Waals surface area contributed by atoms with Crippen molar-refractivity contribution in [1.82, 2.24) is 4.72 Å². The van der Waals surface area contributed by atoms with Crippen molar-refractivity contribution in [2.75, 3.05) is 26.1 Å². The van der Waals surface area contributed by atoms with E-state index < -0.39 is 15.9 Å². The molecule has 0 aliphatic rings. The van der Waals surface area contributed by atoms with Crippen molar-refractivity contribution in [2.24, 2.45) is 0 Å². The molecule has 0 unspecified atom stereocenters. The molecule has 2 N–H and O–H groups in total. The number of nitrogens with one attached hydrogen (secondary N) is 2. The summed E-state index contributed by atoms with van der Waals surface area (Å²) in [4.78, 5) is 12.5. The zero-order chi connectivity index (χ0) is 19.2. The van der Waals surface area contributed by atoms with Crippen LogP contribution in [0.3, 0.4) is 0 Å². The Morgan fingerprint density at radius 2 is 1.92 bits per heavy atom. The maximum Gasteiger partial charge on any atom is 0.255 e. The number of rotatable bonds is 8. The summed E-state index contributed by atoms with van der Waals surface area (Å²) < 4.78 is 37.1. The lowest BCUT2D eigenvalue weighted by Gasteiger charge is -2.12. The average molecular weight is 376 g/mol. The predicted octanol–water partition coefficient (Wildman–Crippen LogP) is 2.42. The van der Waals surface area contributed by atoms with Gasteiger partial charge in [0.25, 0.3) is 5.91 Å². The molecule has 26 heavy (non-hydrogen) atoms. The highest BCUT2D eigenvalue weighted by Crippen LogP contribution is 2.29. The number of hydrogen-bond acceptors (Lipinski definition) is 5. The Bertz CT molecular complexity index is 910. The van der Waals surface area contributed by atoms with Gasteiger partial charge in [0.05, 0.1) is 24.8 Å². The quantitative estimate of drug-likeness (QED) is 0.690. The second kappa shape index (κ2) is 8.50. The van der Waals surface area contributed by atoms with E-state index in [0.717, 1.165) is 0 Å². The van der Waals surface area contributed by atoms with E-state index in [1.54, 1.807) is 18.2 Å². The van der Waals surface area contributed by atoms with E-state index in [-0.39, 0.29) is 17.0 Å². The first-order valence-corrected chi connectivity index (χ1v) is 9.13. The molecule has 0 aliphatic carbocycles. The van der Waals surface area contributed by atoms with Gasteiger partial charge in [-0.25, -0.2) is 13.1 Å². The lowest BCUT2D eigenvalue weighted by atomic mass is 10.2. The zero-order valence-corrected chi connectivity index (χ0v) is 15.3. The molecule has 2 aromatic carbocycles. The van der Waals surface area contributed by atoms with Crippen molar-refractivity contribution in [3.63, 3.8) is 0 Å². The van der Waals surface area contributed by atoms with Crippen LogP contribution in [-0.4, -0.2) is 35.1 Å². The minimum atomic E-state index is -3.72. The first kappa shape index (κ1) is 19.5. The molecule has 2 aromatic rings. The molecule has 0 heterocycles. The minimum absolute atomic E-state index is 0.00584. The molecule has 0 radical (unpaired) electrons. The number of ether oxygens (including phenoxy) is 2. The van der Waals surface area contributed by atoms with Gasteiger partial charge in [0.2, 0.25) is 10.0 Å². The second-order valence-corrected chi connectivity index (χ2v) is 6.96. The highest BCUT2D eigenvalue weighted by molar-refractivity contribution is 7.89. The largest absolute Gasteiger partial charge is 0.497 e. The van der Waals surface area contributed by atoms with Crippen molar-refractivity contribution in [1.29, 1.82) is 0 Å². The molecule has 7 nitrogen and oxygen atoms in total. The number of benzene rings is 2. The molecule has 138 valence electrons. The fourth-order valence-corrected chi connectivity index (χ4v) is 3.20. The van der Waals surface area contributed by atoms with E-state index in [2.05, 4.69) is 16.6 Å². The summed E-state index contributed by atoms with van der Waals surface area (Å²) in [5.41, 5.74) is 0.640. The Morgan fingerprint density at radius 3 is 2.58 bits per heavy atom. The summed E-state index contributed by atoms with van der Waals surface area (Å²) in [6.45, 7) is 3.57. The molecule has 0 aliphatic heterocycles. The second-order valence-electron chi connectivity index (χ2n) is 5.19. The van der Waals surface area contributed by atoms with Crippen molar-refractivity contribution < 1.29 is 22.7 Å². The number of sulfonamides is 1. The average Bonchev–Trinajstić information content (AvgIpc) is 2.66. The summed E-state index contributed by atoms with van der Waals surface area (Å²) in [6.07, 6.45) is 1.43. The van der Waals surface area contributed by atoms with Gasteiger partial charge in [-0.2, -0.15) is 0 Å². The Balaban J connectivity index is 2.26. The van der Waals surface area contributed by atoms with E-state index in [0.29, 0.717) is 17.2 Å². The molecule has 0 saturated heterocycles. The first-order chi connectivity index (χ1) is 12.4. The van der Waals surface area contributed by atoms with Gasteiger partial charge in [-0.05, 0) is 30.3 Å². The van der Waals surface area contributed by atoms with Crippen LogP contribution in [-0.2, 0) is 10.0 Å². The van der Waals surface area contributed by atoms with Crippen LogP contribution < -0.4 is 19.5 Å². The molecular formula is C18H20N2O5S. The van der Waals surface area contributed by atoms with Crippen molar-refractivity contribution in [2.45, 2.75) is 4.90 Å². The Kier molecular flexibility index (Phi) is 6.37. The fourth-order valence-electron chi connectivity index (χ4n) is 2.15. The smallest absolute Gasteiger partial charge is 0.255 e. The molecular weight excluding hydrogens is 356 g/mol. The van der Waals surface area contributed by atoms with Crippen molar-refractivity contribution in [3.05, 3.63) is 60.7 Å². The van der Waals surface area contributed by atoms with Crippen LogP contribution in [0.5, 0.6) is 11.5 Å². The third-order valence-electron chi connectivity index (χ3n) is 3.48. The monoisotopic (exact) mass is 376 g/mol. The van der Waals surface area contributed by atoms with Gasteiger partial charge in [0.1, 0.15) is 11.5 Å². The zero-order valence-electron chi connectivity index (χ0n) is 14.5. The molecule has 0 saturated carbocycles. The van der Waals surface area contributed by atoms with E-state index >= 15 is 0 Å². The van der Waals surface area contributed by atoms with Gasteiger partial charge in [0.15, 0.2) is 0 Å². The molecule has 0 aromatic heterocycles. The maximum atomic E-state index is 12.5. The summed E-state index contributed by atoms with van der Waals surface area (Å²) in [7, 11) is -0.713. The van der Waals surface area contributed by atoms with Crippen LogP contribution >= 0.6 is 0 Å². The van der Waals surface area contributed by atoms with E-state index in [1.165, 1.54) is 44.6 Å². The van der Waals surface area contributed by atoms with Crippen LogP contribution in [0.15, 0.2) is 60.0 Å². The number of amides is 1. The van der Waals surface area contributed by atoms with Crippen LogP contribution in [0.4, 0.5) is 5.69 Å². The maximum absolute atomic E-state index is 12.5.